The van der Waals surface area contributed by atoms with Crippen molar-refractivity contribution in [1.82, 2.24) is 14.9 Å². The molecule has 1 aliphatic rings. The quantitative estimate of drug-likeness (QED) is 0.727. The van der Waals surface area contributed by atoms with Crippen LogP contribution >= 0.6 is 0 Å². The van der Waals surface area contributed by atoms with Gasteiger partial charge in [-0.1, -0.05) is 42.5 Å². The number of benzene rings is 2. The third-order valence-electron chi connectivity index (χ3n) is 4.77. The van der Waals surface area contributed by atoms with Crippen molar-refractivity contribution < 1.29 is 9.53 Å². The Morgan fingerprint density at radius 1 is 1.08 bits per heavy atom. The Balaban J connectivity index is 1.44. The highest BCUT2D eigenvalue weighted by Crippen LogP contribution is 2.21. The first-order valence-electron chi connectivity index (χ1n) is 8.98. The Hall–Kier alpha value is -2.95. The molecule has 1 saturated heterocycles. The number of rotatable bonds is 4. The molecule has 0 spiro atoms. The van der Waals surface area contributed by atoms with Gasteiger partial charge in [0.15, 0.2) is 0 Å². The summed E-state index contributed by atoms with van der Waals surface area (Å²) in [4.78, 5) is 23.0. The van der Waals surface area contributed by atoms with Crippen LogP contribution in [-0.2, 0) is 11.2 Å². The molecule has 5 heteroatoms. The minimum absolute atomic E-state index is 0.0531. The number of hydrogen-bond donors (Lipinski definition) is 0. The molecule has 1 aromatic heterocycles. The Kier molecular flexibility index (Phi) is 4.78. The van der Waals surface area contributed by atoms with E-state index in [1.165, 1.54) is 5.39 Å². The average molecular weight is 347 g/mol. The third kappa shape index (κ3) is 3.67. The van der Waals surface area contributed by atoms with E-state index in [1.54, 1.807) is 18.5 Å². The van der Waals surface area contributed by atoms with Crippen LogP contribution in [0.15, 0.2) is 60.9 Å². The molecule has 2 heterocycles. The van der Waals surface area contributed by atoms with Crippen LogP contribution in [-0.4, -0.2) is 40.0 Å². The predicted octanol–water partition coefficient (Wildman–Crippen LogP) is 3.24. The van der Waals surface area contributed by atoms with Gasteiger partial charge in [-0.15, -0.1) is 0 Å². The molecular weight excluding hydrogens is 326 g/mol. The molecule has 26 heavy (non-hydrogen) atoms. The molecule has 1 fully saturated rings. The second kappa shape index (κ2) is 7.52. The summed E-state index contributed by atoms with van der Waals surface area (Å²) in [6.45, 7) is 1.36. The van der Waals surface area contributed by atoms with Crippen molar-refractivity contribution >= 4 is 16.7 Å². The van der Waals surface area contributed by atoms with E-state index < -0.39 is 0 Å². The number of nitrogens with zero attached hydrogens (tertiary/aromatic N) is 3. The van der Waals surface area contributed by atoms with Crippen LogP contribution in [0.25, 0.3) is 10.8 Å². The maximum absolute atomic E-state index is 12.8. The first-order valence-corrected chi connectivity index (χ1v) is 8.98. The number of piperidine rings is 1. The van der Waals surface area contributed by atoms with E-state index in [4.69, 9.17) is 4.74 Å². The van der Waals surface area contributed by atoms with Crippen molar-refractivity contribution in [3.8, 4) is 6.01 Å². The molecule has 4 rings (SSSR count). The summed E-state index contributed by atoms with van der Waals surface area (Å²) in [6, 6.07) is 16.5. The number of carbonyl (C=O) groups excluding carboxylic acids is 1. The van der Waals surface area contributed by atoms with Gasteiger partial charge in [-0.25, -0.2) is 9.97 Å². The first kappa shape index (κ1) is 16.5. The van der Waals surface area contributed by atoms with E-state index in [9.17, 15) is 4.79 Å². The first-order chi connectivity index (χ1) is 12.8. The van der Waals surface area contributed by atoms with Crippen LogP contribution in [0.2, 0.25) is 0 Å². The zero-order valence-corrected chi connectivity index (χ0v) is 14.5. The second-order valence-corrected chi connectivity index (χ2v) is 6.57. The largest absolute Gasteiger partial charge is 0.458 e. The van der Waals surface area contributed by atoms with Gasteiger partial charge in [-0.05, 0) is 35.2 Å². The van der Waals surface area contributed by atoms with E-state index in [1.807, 2.05) is 29.2 Å². The average Bonchev–Trinajstić information content (AvgIpc) is 2.69. The van der Waals surface area contributed by atoms with Gasteiger partial charge in [0.2, 0.25) is 5.91 Å². The molecule has 0 bridgehead atoms. The van der Waals surface area contributed by atoms with Crippen LogP contribution < -0.4 is 4.74 Å². The monoisotopic (exact) mass is 347 g/mol. The Morgan fingerprint density at radius 3 is 2.77 bits per heavy atom. The molecule has 0 saturated carbocycles. The zero-order chi connectivity index (χ0) is 17.8. The van der Waals surface area contributed by atoms with Gasteiger partial charge in [0.25, 0.3) is 0 Å². The van der Waals surface area contributed by atoms with Crippen LogP contribution in [0.4, 0.5) is 0 Å². The summed E-state index contributed by atoms with van der Waals surface area (Å²) in [5, 5.41) is 2.31. The number of likely N-dealkylation sites (tertiary alicyclic amines) is 1. The number of amides is 1. The van der Waals surface area contributed by atoms with Crippen molar-refractivity contribution in [2.24, 2.45) is 0 Å². The van der Waals surface area contributed by atoms with E-state index in [0.717, 1.165) is 30.3 Å². The molecular formula is C21H21N3O2. The van der Waals surface area contributed by atoms with E-state index in [2.05, 4.69) is 28.2 Å². The number of ether oxygens (including phenoxy) is 1. The van der Waals surface area contributed by atoms with E-state index in [-0.39, 0.29) is 12.0 Å². The van der Waals surface area contributed by atoms with Crippen molar-refractivity contribution in [3.63, 3.8) is 0 Å². The summed E-state index contributed by atoms with van der Waals surface area (Å²) in [5.74, 6) is 0.142. The Bertz CT molecular complexity index is 893. The lowest BCUT2D eigenvalue weighted by atomic mass is 10.0. The van der Waals surface area contributed by atoms with Crippen molar-refractivity contribution in [2.75, 3.05) is 13.1 Å². The summed E-state index contributed by atoms with van der Waals surface area (Å²) in [7, 11) is 0. The molecule has 0 N–H and O–H groups in total. The molecule has 0 aliphatic carbocycles. The summed E-state index contributed by atoms with van der Waals surface area (Å²) in [6.07, 6.45) is 5.52. The Morgan fingerprint density at radius 2 is 1.88 bits per heavy atom. The van der Waals surface area contributed by atoms with Crippen LogP contribution in [0.1, 0.15) is 18.4 Å². The maximum Gasteiger partial charge on any atom is 0.316 e. The number of carbonyl (C=O) groups is 1. The lowest BCUT2D eigenvalue weighted by Gasteiger charge is -2.32. The smallest absolute Gasteiger partial charge is 0.316 e. The molecule has 1 atom stereocenters. The normalized spacial score (nSPS) is 17.2. The van der Waals surface area contributed by atoms with Gasteiger partial charge < -0.3 is 9.64 Å². The highest BCUT2D eigenvalue weighted by atomic mass is 16.5. The van der Waals surface area contributed by atoms with Gasteiger partial charge in [-0.2, -0.15) is 0 Å². The SMILES string of the molecule is O=C(Cc1cccc2ccccc12)N1CCCC(Oc2ncccn2)C1. The molecule has 2 aromatic carbocycles. The van der Waals surface area contributed by atoms with Crippen molar-refractivity contribution in [1.29, 1.82) is 0 Å². The lowest BCUT2D eigenvalue weighted by Crippen LogP contribution is -2.45. The van der Waals surface area contributed by atoms with Crippen LogP contribution in [0.3, 0.4) is 0 Å². The van der Waals surface area contributed by atoms with Crippen molar-refractivity contribution in [2.45, 2.75) is 25.4 Å². The zero-order valence-electron chi connectivity index (χ0n) is 14.5. The van der Waals surface area contributed by atoms with Crippen LogP contribution in [0, 0.1) is 0 Å². The van der Waals surface area contributed by atoms with Gasteiger partial charge in [-0.3, -0.25) is 4.79 Å². The molecule has 5 nitrogen and oxygen atoms in total. The van der Waals surface area contributed by atoms with Gasteiger partial charge in [0.1, 0.15) is 6.10 Å². The summed E-state index contributed by atoms with van der Waals surface area (Å²) >= 11 is 0. The van der Waals surface area contributed by atoms with Gasteiger partial charge in [0, 0.05) is 18.9 Å². The highest BCUT2D eigenvalue weighted by Gasteiger charge is 2.25. The fraction of sp³-hybridized carbons (Fsp3) is 0.286. The Labute approximate surface area is 152 Å². The fourth-order valence-corrected chi connectivity index (χ4v) is 3.48. The number of hydrogen-bond acceptors (Lipinski definition) is 4. The number of aromatic nitrogens is 2. The molecule has 1 unspecified atom stereocenters. The highest BCUT2D eigenvalue weighted by molar-refractivity contribution is 5.90. The third-order valence-corrected chi connectivity index (χ3v) is 4.77. The van der Waals surface area contributed by atoms with Crippen LogP contribution in [0.5, 0.6) is 6.01 Å². The summed E-state index contributed by atoms with van der Waals surface area (Å²) in [5.41, 5.74) is 1.07. The fourth-order valence-electron chi connectivity index (χ4n) is 3.48. The minimum atomic E-state index is -0.0531. The number of fused-ring (bicyclic) bond motifs is 1. The standard InChI is InChI=1S/C21H21N3O2/c25-20(14-17-8-3-7-16-6-1-2-10-19(16)17)24-13-4-9-18(15-24)26-21-22-11-5-12-23-21/h1-3,5-8,10-12,18H,4,9,13-15H2. The second-order valence-electron chi connectivity index (χ2n) is 6.57. The molecule has 132 valence electrons. The predicted molar refractivity (Wildman–Crippen MR) is 99.9 cm³/mol. The van der Waals surface area contributed by atoms with Gasteiger partial charge >= 0.3 is 6.01 Å². The summed E-state index contributed by atoms with van der Waals surface area (Å²) < 4.78 is 5.84. The molecule has 1 amide bonds. The van der Waals surface area contributed by atoms with E-state index in [0.29, 0.717) is 19.0 Å². The minimum Gasteiger partial charge on any atom is -0.458 e. The lowest BCUT2D eigenvalue weighted by molar-refractivity contribution is -0.133. The molecule has 3 aromatic rings. The van der Waals surface area contributed by atoms with Crippen molar-refractivity contribution in [3.05, 3.63) is 66.5 Å². The van der Waals surface area contributed by atoms with Gasteiger partial charge in [0.05, 0.1) is 13.0 Å². The molecule has 1 aliphatic heterocycles. The topological polar surface area (TPSA) is 55.3 Å². The molecule has 0 radical (unpaired) electrons. The maximum atomic E-state index is 12.8. The van der Waals surface area contributed by atoms with E-state index >= 15 is 0 Å².